The molecule has 1 aromatic carbocycles. The number of para-hydroxylation sites is 1. The van der Waals surface area contributed by atoms with Crippen molar-refractivity contribution in [1.29, 1.82) is 0 Å². The van der Waals surface area contributed by atoms with Crippen molar-refractivity contribution in [3.8, 4) is 5.69 Å². The van der Waals surface area contributed by atoms with Crippen molar-refractivity contribution in [1.82, 2.24) is 14.7 Å². The lowest BCUT2D eigenvalue weighted by Crippen LogP contribution is -2.39. The number of halogens is 1. The van der Waals surface area contributed by atoms with Gasteiger partial charge in [0.25, 0.3) is 5.91 Å². The normalized spacial score (nSPS) is 11.6. The molecule has 0 spiro atoms. The highest BCUT2D eigenvalue weighted by molar-refractivity contribution is 5.95. The topological polar surface area (TPSA) is 64.2 Å². The van der Waals surface area contributed by atoms with Crippen molar-refractivity contribution >= 4 is 18.3 Å². The van der Waals surface area contributed by atoms with Crippen molar-refractivity contribution in [2.45, 2.75) is 19.9 Å². The zero-order chi connectivity index (χ0) is 14.7. The van der Waals surface area contributed by atoms with Crippen LogP contribution < -0.4 is 5.73 Å². The summed E-state index contributed by atoms with van der Waals surface area (Å²) in [5, 5.41) is 4.41. The van der Waals surface area contributed by atoms with Crippen LogP contribution in [0.25, 0.3) is 5.69 Å². The minimum absolute atomic E-state index is 0. The first-order chi connectivity index (χ1) is 9.54. The quantitative estimate of drug-likeness (QED) is 0.940. The highest BCUT2D eigenvalue weighted by Gasteiger charge is 2.20. The molecule has 1 aromatic heterocycles. The fraction of sp³-hybridized carbons (Fsp3) is 0.333. The number of rotatable bonds is 4. The Hall–Kier alpha value is -1.85. The number of likely N-dealkylation sites (N-methyl/N-ethyl adjacent to an activating group) is 1. The fourth-order valence-electron chi connectivity index (χ4n) is 1.93. The van der Waals surface area contributed by atoms with E-state index in [0.717, 1.165) is 11.4 Å². The van der Waals surface area contributed by atoms with Crippen LogP contribution in [0, 0.1) is 6.92 Å². The minimum atomic E-state index is -0.0531. The van der Waals surface area contributed by atoms with E-state index in [9.17, 15) is 4.79 Å². The van der Waals surface area contributed by atoms with Gasteiger partial charge in [-0.25, -0.2) is 4.68 Å². The van der Waals surface area contributed by atoms with Crippen molar-refractivity contribution in [2.75, 3.05) is 13.6 Å². The Labute approximate surface area is 131 Å². The molecule has 0 saturated heterocycles. The summed E-state index contributed by atoms with van der Waals surface area (Å²) >= 11 is 0. The molecule has 0 bridgehead atoms. The molecule has 2 N–H and O–H groups in total. The van der Waals surface area contributed by atoms with Crippen LogP contribution in [-0.2, 0) is 0 Å². The van der Waals surface area contributed by atoms with Crippen molar-refractivity contribution in [2.24, 2.45) is 5.73 Å². The molecule has 1 heterocycles. The first-order valence-corrected chi connectivity index (χ1v) is 6.63. The molecule has 1 amide bonds. The number of hydrogen-bond donors (Lipinski definition) is 1. The summed E-state index contributed by atoms with van der Waals surface area (Å²) in [6, 6.07) is 9.73. The van der Waals surface area contributed by atoms with E-state index in [0.29, 0.717) is 12.1 Å². The van der Waals surface area contributed by atoms with Gasteiger partial charge in [0.1, 0.15) is 0 Å². The van der Waals surface area contributed by atoms with Gasteiger partial charge in [0.15, 0.2) is 0 Å². The van der Waals surface area contributed by atoms with Gasteiger partial charge < -0.3 is 10.6 Å². The Bertz CT molecular complexity index is 597. The van der Waals surface area contributed by atoms with Gasteiger partial charge in [-0.15, -0.1) is 12.4 Å². The monoisotopic (exact) mass is 308 g/mol. The zero-order valence-electron chi connectivity index (χ0n) is 12.5. The van der Waals surface area contributed by atoms with E-state index >= 15 is 0 Å². The molecule has 0 fully saturated rings. The van der Waals surface area contributed by atoms with E-state index in [-0.39, 0.29) is 24.4 Å². The van der Waals surface area contributed by atoms with Gasteiger partial charge in [-0.2, -0.15) is 5.10 Å². The van der Waals surface area contributed by atoms with Crippen LogP contribution in [0.4, 0.5) is 0 Å². The standard InChI is InChI=1S/C15H20N4O.ClH/c1-11(9-16)18(3)15(20)14-10-19(17-12(14)2)13-7-5-4-6-8-13;/h4-8,10-11H,9,16H2,1-3H3;1H. The highest BCUT2D eigenvalue weighted by atomic mass is 35.5. The van der Waals surface area contributed by atoms with Crippen molar-refractivity contribution in [3.05, 3.63) is 47.8 Å². The Morgan fingerprint density at radius 2 is 2.00 bits per heavy atom. The number of hydrogen-bond acceptors (Lipinski definition) is 3. The van der Waals surface area contributed by atoms with Gasteiger partial charge in [0.2, 0.25) is 0 Å². The number of nitrogens with zero attached hydrogens (tertiary/aromatic N) is 3. The molecule has 114 valence electrons. The van der Waals surface area contributed by atoms with E-state index in [1.54, 1.807) is 22.8 Å². The summed E-state index contributed by atoms with van der Waals surface area (Å²) in [5.74, 6) is -0.0531. The van der Waals surface area contributed by atoms with E-state index < -0.39 is 0 Å². The number of amides is 1. The molecule has 1 atom stereocenters. The number of carbonyl (C=O) groups is 1. The SMILES string of the molecule is Cc1nn(-c2ccccc2)cc1C(=O)N(C)C(C)CN.Cl. The van der Waals surface area contributed by atoms with E-state index in [2.05, 4.69) is 5.10 Å². The fourth-order valence-corrected chi connectivity index (χ4v) is 1.93. The van der Waals surface area contributed by atoms with Gasteiger partial charge in [-0.3, -0.25) is 4.79 Å². The first kappa shape index (κ1) is 17.2. The van der Waals surface area contributed by atoms with Crippen molar-refractivity contribution < 1.29 is 4.79 Å². The van der Waals surface area contributed by atoms with E-state index in [4.69, 9.17) is 5.73 Å². The summed E-state index contributed by atoms with van der Waals surface area (Å²) in [5.41, 5.74) is 7.87. The number of aromatic nitrogens is 2. The Morgan fingerprint density at radius 1 is 1.38 bits per heavy atom. The molecule has 5 nitrogen and oxygen atoms in total. The summed E-state index contributed by atoms with van der Waals surface area (Å²) in [6.07, 6.45) is 1.77. The Kier molecular flexibility index (Phi) is 5.93. The lowest BCUT2D eigenvalue weighted by molar-refractivity contribution is 0.0747. The lowest BCUT2D eigenvalue weighted by Gasteiger charge is -2.23. The third-order valence-electron chi connectivity index (χ3n) is 3.47. The van der Waals surface area contributed by atoms with Crippen LogP contribution in [-0.4, -0.2) is 40.2 Å². The molecule has 0 saturated carbocycles. The average molecular weight is 309 g/mol. The highest BCUT2D eigenvalue weighted by Crippen LogP contribution is 2.14. The van der Waals surface area contributed by atoms with E-state index in [1.807, 2.05) is 44.2 Å². The average Bonchev–Trinajstić information content (AvgIpc) is 2.87. The molecule has 21 heavy (non-hydrogen) atoms. The zero-order valence-corrected chi connectivity index (χ0v) is 13.3. The number of nitrogens with two attached hydrogens (primary N) is 1. The molecular weight excluding hydrogens is 288 g/mol. The summed E-state index contributed by atoms with van der Waals surface area (Å²) in [6.45, 7) is 4.20. The summed E-state index contributed by atoms with van der Waals surface area (Å²) < 4.78 is 1.73. The first-order valence-electron chi connectivity index (χ1n) is 6.63. The molecule has 2 aromatic rings. The van der Waals surface area contributed by atoms with Crippen molar-refractivity contribution in [3.63, 3.8) is 0 Å². The Morgan fingerprint density at radius 3 is 2.57 bits per heavy atom. The number of carbonyl (C=O) groups excluding carboxylic acids is 1. The largest absolute Gasteiger partial charge is 0.338 e. The number of aryl methyl sites for hydroxylation is 1. The molecule has 0 aliphatic heterocycles. The molecule has 0 aliphatic carbocycles. The minimum Gasteiger partial charge on any atom is -0.338 e. The van der Waals surface area contributed by atoms with Gasteiger partial charge in [-0.05, 0) is 26.0 Å². The summed E-state index contributed by atoms with van der Waals surface area (Å²) in [4.78, 5) is 14.1. The predicted molar refractivity (Wildman–Crippen MR) is 86.2 cm³/mol. The summed E-state index contributed by atoms with van der Waals surface area (Å²) in [7, 11) is 1.76. The van der Waals surface area contributed by atoms with Crippen LogP contribution in [0.3, 0.4) is 0 Å². The predicted octanol–water partition coefficient (Wildman–Crippen LogP) is 2.02. The van der Waals surface area contributed by atoms with Gasteiger partial charge >= 0.3 is 0 Å². The van der Waals surface area contributed by atoms with E-state index in [1.165, 1.54) is 0 Å². The molecule has 6 heteroatoms. The third-order valence-corrected chi connectivity index (χ3v) is 3.47. The third kappa shape index (κ3) is 3.62. The van der Waals surface area contributed by atoms with Gasteiger partial charge in [-0.1, -0.05) is 18.2 Å². The van der Waals surface area contributed by atoms with Crippen LogP contribution >= 0.6 is 12.4 Å². The van der Waals surface area contributed by atoms with Gasteiger partial charge in [0.05, 0.1) is 16.9 Å². The molecule has 1 unspecified atom stereocenters. The van der Waals surface area contributed by atoms with Gasteiger partial charge in [0, 0.05) is 25.8 Å². The number of benzene rings is 1. The van der Waals surface area contributed by atoms with Crippen LogP contribution in [0.5, 0.6) is 0 Å². The van der Waals surface area contributed by atoms with Crippen LogP contribution in [0.2, 0.25) is 0 Å². The second kappa shape index (κ2) is 7.24. The smallest absolute Gasteiger partial charge is 0.257 e. The maximum absolute atomic E-state index is 12.4. The maximum atomic E-state index is 12.4. The lowest BCUT2D eigenvalue weighted by atomic mass is 10.2. The van der Waals surface area contributed by atoms with Crippen LogP contribution in [0.15, 0.2) is 36.5 Å². The molecule has 2 rings (SSSR count). The molecular formula is C15H21ClN4O. The maximum Gasteiger partial charge on any atom is 0.257 e. The Balaban J connectivity index is 0.00000220. The van der Waals surface area contributed by atoms with Crippen LogP contribution in [0.1, 0.15) is 23.0 Å². The molecule has 0 radical (unpaired) electrons. The molecule has 0 aliphatic rings. The second-order valence-corrected chi connectivity index (χ2v) is 4.91. The second-order valence-electron chi connectivity index (χ2n) is 4.91.